The average molecular weight is 250 g/mol. The van der Waals surface area contributed by atoms with Gasteiger partial charge in [-0.25, -0.2) is 9.97 Å². The predicted octanol–water partition coefficient (Wildman–Crippen LogP) is 1.77. The summed E-state index contributed by atoms with van der Waals surface area (Å²) in [5.74, 6) is 1.30. The fourth-order valence-electron chi connectivity index (χ4n) is 2.25. The van der Waals surface area contributed by atoms with Crippen LogP contribution in [0.4, 0.5) is 5.82 Å². The molecule has 0 saturated carbocycles. The molecule has 1 aliphatic heterocycles. The van der Waals surface area contributed by atoms with Crippen molar-refractivity contribution in [3.8, 4) is 5.88 Å². The van der Waals surface area contributed by atoms with E-state index in [2.05, 4.69) is 41.0 Å². The van der Waals surface area contributed by atoms with E-state index in [9.17, 15) is 0 Å². The summed E-state index contributed by atoms with van der Waals surface area (Å²) in [6.45, 7) is 8.89. The number of hydrogen-bond acceptors (Lipinski definition) is 5. The van der Waals surface area contributed by atoms with Gasteiger partial charge in [0.1, 0.15) is 0 Å². The monoisotopic (exact) mass is 250 g/mol. The van der Waals surface area contributed by atoms with Crippen LogP contribution in [0.15, 0.2) is 12.4 Å². The van der Waals surface area contributed by atoms with E-state index < -0.39 is 0 Å². The largest absolute Gasteiger partial charge is 0.478 e. The second-order valence-corrected chi connectivity index (χ2v) is 5.66. The molecule has 5 nitrogen and oxygen atoms in total. The normalized spacial score (nSPS) is 21.0. The van der Waals surface area contributed by atoms with Crippen molar-refractivity contribution in [3.63, 3.8) is 0 Å². The van der Waals surface area contributed by atoms with Gasteiger partial charge in [-0.05, 0) is 27.2 Å². The molecule has 0 radical (unpaired) electrons. The summed E-state index contributed by atoms with van der Waals surface area (Å²) in [6, 6.07) is 0.412. The minimum atomic E-state index is 0.225. The molecule has 2 heterocycles. The molecule has 1 fully saturated rings. The fourth-order valence-corrected chi connectivity index (χ4v) is 2.25. The van der Waals surface area contributed by atoms with Crippen LogP contribution in [0.25, 0.3) is 0 Å². The molecule has 1 unspecified atom stereocenters. The highest BCUT2D eigenvalue weighted by atomic mass is 16.5. The average Bonchev–Trinajstić information content (AvgIpc) is 2.78. The van der Waals surface area contributed by atoms with Crippen LogP contribution >= 0.6 is 0 Å². The van der Waals surface area contributed by atoms with Crippen LogP contribution in [-0.4, -0.2) is 46.6 Å². The SMILES string of the molecule is COc1nccnc1NC1CCN(C(C)(C)C)C1. The summed E-state index contributed by atoms with van der Waals surface area (Å²) in [7, 11) is 1.62. The van der Waals surface area contributed by atoms with Crippen LogP contribution in [0.1, 0.15) is 27.2 Å². The van der Waals surface area contributed by atoms with E-state index in [-0.39, 0.29) is 5.54 Å². The van der Waals surface area contributed by atoms with Crippen molar-refractivity contribution in [3.05, 3.63) is 12.4 Å². The lowest BCUT2D eigenvalue weighted by Crippen LogP contribution is -2.40. The van der Waals surface area contributed by atoms with Crippen LogP contribution in [0, 0.1) is 0 Å². The Hall–Kier alpha value is -1.36. The van der Waals surface area contributed by atoms with Gasteiger partial charge in [0.15, 0.2) is 5.82 Å². The van der Waals surface area contributed by atoms with Gasteiger partial charge >= 0.3 is 0 Å². The lowest BCUT2D eigenvalue weighted by atomic mass is 10.1. The van der Waals surface area contributed by atoms with E-state index in [4.69, 9.17) is 4.74 Å². The van der Waals surface area contributed by atoms with Crippen LogP contribution in [-0.2, 0) is 0 Å². The van der Waals surface area contributed by atoms with Gasteiger partial charge in [-0.1, -0.05) is 0 Å². The molecule has 1 aliphatic rings. The van der Waals surface area contributed by atoms with Gasteiger partial charge in [0.05, 0.1) is 7.11 Å². The maximum absolute atomic E-state index is 5.20. The van der Waals surface area contributed by atoms with Gasteiger partial charge in [0.2, 0.25) is 0 Å². The lowest BCUT2D eigenvalue weighted by molar-refractivity contribution is 0.174. The second kappa shape index (κ2) is 5.10. The summed E-state index contributed by atoms with van der Waals surface area (Å²) in [5, 5.41) is 3.42. The molecule has 1 saturated heterocycles. The Bertz CT molecular complexity index is 402. The Kier molecular flexibility index (Phi) is 3.71. The number of nitrogens with one attached hydrogen (secondary N) is 1. The molecule has 0 spiro atoms. The van der Waals surface area contributed by atoms with Gasteiger partial charge in [-0.3, -0.25) is 4.90 Å². The summed E-state index contributed by atoms with van der Waals surface area (Å²) < 4.78 is 5.20. The molecular weight excluding hydrogens is 228 g/mol. The van der Waals surface area contributed by atoms with Gasteiger partial charge in [0.25, 0.3) is 5.88 Å². The molecule has 1 N–H and O–H groups in total. The summed E-state index contributed by atoms with van der Waals surface area (Å²) in [6.07, 6.45) is 4.44. The van der Waals surface area contributed by atoms with Crippen LogP contribution in [0.2, 0.25) is 0 Å². The summed E-state index contributed by atoms with van der Waals surface area (Å²) >= 11 is 0. The molecule has 1 aromatic rings. The van der Waals surface area contributed by atoms with Crippen molar-refractivity contribution in [2.45, 2.75) is 38.8 Å². The van der Waals surface area contributed by atoms with E-state index in [0.29, 0.717) is 11.9 Å². The Morgan fingerprint density at radius 3 is 2.67 bits per heavy atom. The van der Waals surface area contributed by atoms with Gasteiger partial charge in [0, 0.05) is 37.1 Å². The third-order valence-electron chi connectivity index (χ3n) is 3.34. The topological polar surface area (TPSA) is 50.3 Å². The second-order valence-electron chi connectivity index (χ2n) is 5.66. The van der Waals surface area contributed by atoms with Crippen molar-refractivity contribution >= 4 is 5.82 Å². The van der Waals surface area contributed by atoms with E-state index >= 15 is 0 Å². The van der Waals surface area contributed by atoms with Crippen molar-refractivity contribution < 1.29 is 4.74 Å². The molecular formula is C13H22N4O. The highest BCUT2D eigenvalue weighted by Gasteiger charge is 2.30. The number of nitrogens with zero attached hydrogens (tertiary/aromatic N) is 3. The Labute approximate surface area is 109 Å². The number of anilines is 1. The Balaban J connectivity index is 1.99. The predicted molar refractivity (Wildman–Crippen MR) is 71.9 cm³/mol. The first-order valence-electron chi connectivity index (χ1n) is 6.37. The van der Waals surface area contributed by atoms with Gasteiger partial charge in [-0.2, -0.15) is 0 Å². The maximum Gasteiger partial charge on any atom is 0.257 e. The van der Waals surface area contributed by atoms with Crippen molar-refractivity contribution in [1.29, 1.82) is 0 Å². The lowest BCUT2D eigenvalue weighted by Gasteiger charge is -2.31. The summed E-state index contributed by atoms with van der Waals surface area (Å²) in [5.41, 5.74) is 0.225. The highest BCUT2D eigenvalue weighted by molar-refractivity contribution is 5.45. The number of methoxy groups -OCH3 is 1. The maximum atomic E-state index is 5.20. The van der Waals surface area contributed by atoms with Gasteiger partial charge < -0.3 is 10.1 Å². The molecule has 18 heavy (non-hydrogen) atoms. The standard InChI is InChI=1S/C13H22N4O/c1-13(2,3)17-8-5-10(9-17)16-11-12(18-4)15-7-6-14-11/h6-7,10H,5,8-9H2,1-4H3,(H,14,16). The van der Waals surface area contributed by atoms with E-state index in [1.807, 2.05) is 0 Å². The molecule has 5 heteroatoms. The molecule has 0 bridgehead atoms. The Morgan fingerprint density at radius 2 is 2.06 bits per heavy atom. The smallest absolute Gasteiger partial charge is 0.257 e. The zero-order valence-electron chi connectivity index (χ0n) is 11.6. The Morgan fingerprint density at radius 1 is 1.33 bits per heavy atom. The van der Waals surface area contributed by atoms with E-state index in [1.165, 1.54) is 0 Å². The zero-order valence-corrected chi connectivity index (χ0v) is 11.6. The first-order chi connectivity index (χ1) is 8.50. The van der Waals surface area contributed by atoms with Crippen molar-refractivity contribution in [1.82, 2.24) is 14.9 Å². The molecule has 100 valence electrons. The number of rotatable bonds is 3. The van der Waals surface area contributed by atoms with Crippen molar-refractivity contribution in [2.24, 2.45) is 0 Å². The van der Waals surface area contributed by atoms with Crippen LogP contribution < -0.4 is 10.1 Å². The molecule has 1 aromatic heterocycles. The first kappa shape index (κ1) is 13.1. The summed E-state index contributed by atoms with van der Waals surface area (Å²) in [4.78, 5) is 10.9. The number of ether oxygens (including phenoxy) is 1. The van der Waals surface area contributed by atoms with Crippen LogP contribution in [0.5, 0.6) is 5.88 Å². The quantitative estimate of drug-likeness (QED) is 0.886. The first-order valence-corrected chi connectivity index (χ1v) is 6.37. The molecule has 0 aromatic carbocycles. The minimum absolute atomic E-state index is 0.225. The van der Waals surface area contributed by atoms with Crippen molar-refractivity contribution in [2.75, 3.05) is 25.5 Å². The molecule has 0 aliphatic carbocycles. The zero-order chi connectivity index (χ0) is 13.2. The molecule has 0 amide bonds. The molecule has 1 atom stereocenters. The minimum Gasteiger partial charge on any atom is -0.478 e. The van der Waals surface area contributed by atoms with Gasteiger partial charge in [-0.15, -0.1) is 0 Å². The molecule has 2 rings (SSSR count). The fraction of sp³-hybridized carbons (Fsp3) is 0.692. The number of likely N-dealkylation sites (tertiary alicyclic amines) is 1. The highest BCUT2D eigenvalue weighted by Crippen LogP contribution is 2.24. The third-order valence-corrected chi connectivity index (χ3v) is 3.34. The van der Waals surface area contributed by atoms with Crippen LogP contribution in [0.3, 0.4) is 0 Å². The number of aromatic nitrogens is 2. The van der Waals surface area contributed by atoms with E-state index in [1.54, 1.807) is 19.5 Å². The third kappa shape index (κ3) is 2.90. The van der Waals surface area contributed by atoms with E-state index in [0.717, 1.165) is 25.3 Å². The number of hydrogen-bond donors (Lipinski definition) is 1.